The van der Waals surface area contributed by atoms with E-state index >= 15 is 0 Å². The zero-order valence-corrected chi connectivity index (χ0v) is 14.6. The second-order valence-corrected chi connectivity index (χ2v) is 7.31. The molecule has 5 atom stereocenters. The van der Waals surface area contributed by atoms with Gasteiger partial charge in [0.05, 0.1) is 5.92 Å². The Morgan fingerprint density at radius 2 is 2.00 bits per heavy atom. The van der Waals surface area contributed by atoms with E-state index in [-0.39, 0.29) is 35.3 Å². The van der Waals surface area contributed by atoms with Crippen LogP contribution in [-0.2, 0) is 23.9 Å². The molecule has 134 valence electrons. The Morgan fingerprint density at radius 1 is 1.36 bits per heavy atom. The summed E-state index contributed by atoms with van der Waals surface area (Å²) in [6, 6.07) is 0. The lowest BCUT2D eigenvalue weighted by Gasteiger charge is -2.36. The quantitative estimate of drug-likeness (QED) is 0.604. The highest BCUT2D eigenvalue weighted by atomic mass is 16.6. The van der Waals surface area contributed by atoms with Crippen molar-refractivity contribution in [2.24, 2.45) is 11.8 Å². The van der Waals surface area contributed by atoms with Crippen LogP contribution in [0.5, 0.6) is 0 Å². The van der Waals surface area contributed by atoms with E-state index in [2.05, 4.69) is 13.2 Å². The van der Waals surface area contributed by atoms with Gasteiger partial charge in [0, 0.05) is 35.5 Å². The van der Waals surface area contributed by atoms with E-state index in [1.165, 1.54) is 6.92 Å². The van der Waals surface area contributed by atoms with Gasteiger partial charge in [-0.3, -0.25) is 4.79 Å². The maximum Gasteiger partial charge on any atom is 0.334 e. The first-order valence-electron chi connectivity index (χ1n) is 8.31. The fraction of sp³-hybridized carbons (Fsp3) is 0.526. The third-order valence-electron chi connectivity index (χ3n) is 5.52. The summed E-state index contributed by atoms with van der Waals surface area (Å²) < 4.78 is 11.0. The first-order chi connectivity index (χ1) is 11.6. The van der Waals surface area contributed by atoms with Gasteiger partial charge in [0.25, 0.3) is 0 Å². The van der Waals surface area contributed by atoms with Crippen LogP contribution in [0.4, 0.5) is 0 Å². The second kappa shape index (κ2) is 5.66. The molecule has 25 heavy (non-hydrogen) atoms. The third kappa shape index (κ3) is 2.39. The SMILES string of the molecule is C=C(C)C(=O)OC1CC(C)=C2C(=O)CC(C)C2(O)C2OC(=O)C(=C)C12. The van der Waals surface area contributed by atoms with E-state index in [0.717, 1.165) is 0 Å². The van der Waals surface area contributed by atoms with Crippen molar-refractivity contribution < 1.29 is 29.0 Å². The van der Waals surface area contributed by atoms with Gasteiger partial charge < -0.3 is 14.6 Å². The summed E-state index contributed by atoms with van der Waals surface area (Å²) in [4.78, 5) is 36.6. The number of ether oxygens (including phenoxy) is 2. The Hall–Kier alpha value is -2.21. The van der Waals surface area contributed by atoms with Crippen LogP contribution in [0.3, 0.4) is 0 Å². The van der Waals surface area contributed by atoms with Crippen LogP contribution in [0.1, 0.15) is 33.6 Å². The average Bonchev–Trinajstić information content (AvgIpc) is 2.90. The van der Waals surface area contributed by atoms with Gasteiger partial charge in [-0.05, 0) is 13.8 Å². The van der Waals surface area contributed by atoms with Gasteiger partial charge in [0.15, 0.2) is 5.78 Å². The van der Waals surface area contributed by atoms with Gasteiger partial charge in [-0.15, -0.1) is 0 Å². The molecule has 0 aromatic carbocycles. The number of hydrogen-bond acceptors (Lipinski definition) is 6. The van der Waals surface area contributed by atoms with Crippen molar-refractivity contribution >= 4 is 17.7 Å². The van der Waals surface area contributed by atoms with Crippen molar-refractivity contribution in [1.29, 1.82) is 0 Å². The molecule has 1 N–H and O–H groups in total. The van der Waals surface area contributed by atoms with E-state index < -0.39 is 41.6 Å². The van der Waals surface area contributed by atoms with Crippen molar-refractivity contribution in [2.75, 3.05) is 0 Å². The minimum absolute atomic E-state index is 0.151. The Balaban J connectivity index is 2.12. The van der Waals surface area contributed by atoms with Crippen molar-refractivity contribution in [1.82, 2.24) is 0 Å². The van der Waals surface area contributed by atoms with Crippen molar-refractivity contribution in [3.8, 4) is 0 Å². The number of carbonyl (C=O) groups excluding carboxylic acids is 3. The van der Waals surface area contributed by atoms with Crippen LogP contribution in [-0.4, -0.2) is 40.6 Å². The fourth-order valence-electron chi connectivity index (χ4n) is 4.26. The maximum atomic E-state index is 12.5. The molecule has 6 heteroatoms. The van der Waals surface area contributed by atoms with Crippen LogP contribution in [0.2, 0.25) is 0 Å². The van der Waals surface area contributed by atoms with Gasteiger partial charge in [-0.1, -0.05) is 25.7 Å². The molecule has 2 fully saturated rings. The van der Waals surface area contributed by atoms with Crippen molar-refractivity contribution in [2.45, 2.75) is 51.4 Å². The van der Waals surface area contributed by atoms with E-state index in [1.807, 2.05) is 0 Å². The molecule has 1 aliphatic heterocycles. The number of ketones is 1. The van der Waals surface area contributed by atoms with E-state index in [0.29, 0.717) is 5.57 Å². The number of fused-ring (bicyclic) bond motifs is 3. The number of aliphatic hydroxyl groups is 1. The highest BCUT2D eigenvalue weighted by molar-refractivity contribution is 6.02. The van der Waals surface area contributed by atoms with Gasteiger partial charge in [-0.2, -0.15) is 0 Å². The molecular formula is C19H22O6. The number of carbonyl (C=O) groups is 3. The monoisotopic (exact) mass is 346 g/mol. The fourth-order valence-corrected chi connectivity index (χ4v) is 4.26. The number of esters is 2. The predicted molar refractivity (Wildman–Crippen MR) is 88.3 cm³/mol. The lowest BCUT2D eigenvalue weighted by atomic mass is 9.77. The topological polar surface area (TPSA) is 89.9 Å². The third-order valence-corrected chi connectivity index (χ3v) is 5.52. The summed E-state index contributed by atoms with van der Waals surface area (Å²) >= 11 is 0. The summed E-state index contributed by atoms with van der Waals surface area (Å²) in [5, 5.41) is 11.4. The first-order valence-corrected chi connectivity index (χ1v) is 8.31. The van der Waals surface area contributed by atoms with Crippen LogP contribution in [0.15, 0.2) is 35.5 Å². The van der Waals surface area contributed by atoms with E-state index in [9.17, 15) is 19.5 Å². The number of rotatable bonds is 2. The average molecular weight is 346 g/mol. The molecule has 3 rings (SSSR count). The first kappa shape index (κ1) is 17.6. The Kier molecular flexibility index (Phi) is 3.99. The second-order valence-electron chi connectivity index (χ2n) is 7.31. The molecule has 0 radical (unpaired) electrons. The van der Waals surface area contributed by atoms with Crippen LogP contribution in [0, 0.1) is 11.8 Å². The lowest BCUT2D eigenvalue weighted by molar-refractivity contribution is -0.159. The summed E-state index contributed by atoms with van der Waals surface area (Å²) in [7, 11) is 0. The predicted octanol–water partition coefficient (Wildman–Crippen LogP) is 1.63. The number of hydrogen-bond donors (Lipinski definition) is 1. The molecule has 0 spiro atoms. The highest BCUT2D eigenvalue weighted by Crippen LogP contribution is 2.52. The minimum atomic E-state index is -1.59. The standard InChI is InChI=1S/C19H22O6/c1-8(2)17(21)24-13-6-9(3)15-12(20)7-10(4)19(15,23)16-14(13)11(5)18(22)25-16/h10,13-14,16,23H,1,5-7H2,2-4H3. The molecule has 2 aliphatic carbocycles. The van der Waals surface area contributed by atoms with Crippen molar-refractivity contribution in [3.63, 3.8) is 0 Å². The largest absolute Gasteiger partial charge is 0.458 e. The smallest absolute Gasteiger partial charge is 0.334 e. The van der Waals surface area contributed by atoms with Gasteiger partial charge in [0.2, 0.25) is 0 Å². The molecule has 0 bridgehead atoms. The molecule has 1 saturated carbocycles. The molecule has 1 saturated heterocycles. The van der Waals surface area contributed by atoms with Gasteiger partial charge in [-0.25, -0.2) is 9.59 Å². The lowest BCUT2D eigenvalue weighted by Crippen LogP contribution is -2.51. The zero-order chi connectivity index (χ0) is 18.7. The summed E-state index contributed by atoms with van der Waals surface area (Å²) in [5.41, 5.74) is -0.282. The molecule has 5 unspecified atom stereocenters. The molecule has 0 aromatic rings. The maximum absolute atomic E-state index is 12.5. The summed E-state index contributed by atoms with van der Waals surface area (Å²) in [6.45, 7) is 12.4. The highest BCUT2D eigenvalue weighted by Gasteiger charge is 2.63. The minimum Gasteiger partial charge on any atom is -0.458 e. The van der Waals surface area contributed by atoms with Gasteiger partial charge in [0.1, 0.15) is 17.8 Å². The molecule has 0 aromatic heterocycles. The molecule has 3 aliphatic rings. The molecule has 0 amide bonds. The normalized spacial score (nSPS) is 37.4. The number of Topliss-reactive ketones (excluding diaryl/α,β-unsaturated/α-hetero) is 1. The van der Waals surface area contributed by atoms with Crippen LogP contribution >= 0.6 is 0 Å². The van der Waals surface area contributed by atoms with Crippen LogP contribution < -0.4 is 0 Å². The van der Waals surface area contributed by atoms with Gasteiger partial charge >= 0.3 is 11.9 Å². The Labute approximate surface area is 146 Å². The van der Waals surface area contributed by atoms with Crippen molar-refractivity contribution in [3.05, 3.63) is 35.5 Å². The molecular weight excluding hydrogens is 324 g/mol. The molecule has 1 heterocycles. The Morgan fingerprint density at radius 3 is 2.60 bits per heavy atom. The summed E-state index contributed by atoms with van der Waals surface area (Å²) in [5.74, 6) is -2.50. The van der Waals surface area contributed by atoms with E-state index in [4.69, 9.17) is 9.47 Å². The zero-order valence-electron chi connectivity index (χ0n) is 14.6. The molecule has 6 nitrogen and oxygen atoms in total. The summed E-state index contributed by atoms with van der Waals surface area (Å²) in [6.07, 6.45) is -1.34. The van der Waals surface area contributed by atoms with E-state index in [1.54, 1.807) is 13.8 Å². The van der Waals surface area contributed by atoms with Crippen LogP contribution in [0.25, 0.3) is 0 Å². The Bertz CT molecular complexity index is 745.